The van der Waals surface area contributed by atoms with E-state index in [9.17, 15) is 4.79 Å². The third-order valence-corrected chi connectivity index (χ3v) is 4.40. The second-order valence-electron chi connectivity index (χ2n) is 6.29. The Labute approximate surface area is 158 Å². The monoisotopic (exact) mass is 353 g/mol. The topological polar surface area (TPSA) is 53.5 Å². The number of aliphatic imine (C=N–C) groups is 1. The van der Waals surface area contributed by atoms with Gasteiger partial charge in [0.05, 0.1) is 11.4 Å². The number of rotatable bonds is 2. The fourth-order valence-corrected chi connectivity index (χ4v) is 3.11. The molecule has 0 aliphatic carbocycles. The summed E-state index contributed by atoms with van der Waals surface area (Å²) in [6, 6.07) is 26.9. The first kappa shape index (κ1) is 16.8. The lowest BCUT2D eigenvalue weighted by Crippen LogP contribution is -2.31. The summed E-state index contributed by atoms with van der Waals surface area (Å²) in [7, 11) is 0. The largest absolute Gasteiger partial charge is 0.357 e. The number of hydrogen-bond acceptors (Lipinski definition) is 3. The maximum atomic E-state index is 12.8. The molecule has 1 aliphatic heterocycles. The minimum atomic E-state index is -0.185. The maximum absolute atomic E-state index is 12.8. The predicted molar refractivity (Wildman–Crippen MR) is 110 cm³/mol. The Hall–Kier alpha value is -3.66. The first-order valence-electron chi connectivity index (χ1n) is 8.80. The molecule has 2 N–H and O–H groups in total. The van der Waals surface area contributed by atoms with E-state index in [1.54, 1.807) is 12.1 Å². The van der Waals surface area contributed by atoms with Crippen molar-refractivity contribution in [2.45, 2.75) is 6.92 Å². The summed E-state index contributed by atoms with van der Waals surface area (Å²) in [5.74, 6) is 0.347. The van der Waals surface area contributed by atoms with Crippen molar-refractivity contribution < 1.29 is 4.79 Å². The van der Waals surface area contributed by atoms with Gasteiger partial charge in [0.2, 0.25) is 0 Å². The molecule has 0 spiro atoms. The fraction of sp³-hybridized carbons (Fsp3) is 0.0435. The van der Waals surface area contributed by atoms with E-state index in [0.717, 1.165) is 28.2 Å². The Morgan fingerprint density at radius 3 is 2.22 bits per heavy atom. The van der Waals surface area contributed by atoms with E-state index in [0.29, 0.717) is 11.4 Å². The van der Waals surface area contributed by atoms with Crippen LogP contribution in [0.3, 0.4) is 0 Å². The highest BCUT2D eigenvalue weighted by Gasteiger charge is 2.21. The molecule has 0 fully saturated rings. The Morgan fingerprint density at radius 1 is 0.852 bits per heavy atom. The summed E-state index contributed by atoms with van der Waals surface area (Å²) >= 11 is 0. The first-order valence-corrected chi connectivity index (χ1v) is 8.80. The average Bonchev–Trinajstić information content (AvgIpc) is 2.84. The van der Waals surface area contributed by atoms with Crippen molar-refractivity contribution in [1.29, 1.82) is 0 Å². The van der Waals surface area contributed by atoms with Crippen molar-refractivity contribution in [3.05, 3.63) is 102 Å². The second kappa shape index (κ2) is 7.30. The molecule has 4 nitrogen and oxygen atoms in total. The van der Waals surface area contributed by atoms with Crippen molar-refractivity contribution in [3.8, 4) is 0 Å². The van der Waals surface area contributed by atoms with Crippen LogP contribution in [0.2, 0.25) is 0 Å². The van der Waals surface area contributed by atoms with E-state index >= 15 is 0 Å². The SMILES string of the molecule is CC1=C(c2ccccc2)C(NC(=O)c2ccccc2)=Nc2ccccc2N1. The van der Waals surface area contributed by atoms with Crippen molar-refractivity contribution in [2.24, 2.45) is 4.99 Å². The Bertz CT molecular complexity index is 1040. The molecule has 132 valence electrons. The molecule has 3 aromatic carbocycles. The number of hydrogen-bond donors (Lipinski definition) is 2. The van der Waals surface area contributed by atoms with Gasteiger partial charge in [-0.1, -0.05) is 60.7 Å². The van der Waals surface area contributed by atoms with Gasteiger partial charge in [0.15, 0.2) is 0 Å². The van der Waals surface area contributed by atoms with Crippen LogP contribution in [0, 0.1) is 0 Å². The molecule has 4 rings (SSSR count). The molecule has 27 heavy (non-hydrogen) atoms. The van der Waals surface area contributed by atoms with Gasteiger partial charge in [-0.2, -0.15) is 0 Å². The van der Waals surface area contributed by atoms with Crippen LogP contribution in [0.5, 0.6) is 0 Å². The van der Waals surface area contributed by atoms with Gasteiger partial charge >= 0.3 is 0 Å². The number of amides is 1. The summed E-state index contributed by atoms with van der Waals surface area (Å²) in [5.41, 5.74) is 5.08. The number of anilines is 1. The van der Waals surface area contributed by atoms with Crippen LogP contribution in [0.15, 0.2) is 95.6 Å². The van der Waals surface area contributed by atoms with Crippen molar-refractivity contribution in [2.75, 3.05) is 5.32 Å². The van der Waals surface area contributed by atoms with Crippen LogP contribution < -0.4 is 10.6 Å². The molecule has 1 heterocycles. The third-order valence-electron chi connectivity index (χ3n) is 4.40. The number of carbonyl (C=O) groups excluding carboxylic acids is 1. The number of para-hydroxylation sites is 2. The third kappa shape index (κ3) is 3.51. The molecule has 0 saturated heterocycles. The summed E-state index contributed by atoms with van der Waals surface area (Å²) in [6.45, 7) is 1.99. The van der Waals surface area contributed by atoms with Gasteiger partial charge in [-0.15, -0.1) is 0 Å². The highest BCUT2D eigenvalue weighted by Crippen LogP contribution is 2.32. The Morgan fingerprint density at radius 2 is 1.48 bits per heavy atom. The van der Waals surface area contributed by atoms with Crippen molar-refractivity contribution in [1.82, 2.24) is 5.32 Å². The molecular weight excluding hydrogens is 334 g/mol. The molecular formula is C23H19N3O. The molecule has 0 aromatic heterocycles. The van der Waals surface area contributed by atoms with Crippen LogP contribution in [-0.4, -0.2) is 11.7 Å². The summed E-state index contributed by atoms with van der Waals surface area (Å²) < 4.78 is 0. The lowest BCUT2D eigenvalue weighted by Gasteiger charge is -2.15. The molecule has 0 unspecified atom stereocenters. The molecule has 0 bridgehead atoms. The quantitative estimate of drug-likeness (QED) is 0.681. The van der Waals surface area contributed by atoms with Crippen LogP contribution in [-0.2, 0) is 0 Å². The zero-order valence-corrected chi connectivity index (χ0v) is 14.9. The molecule has 0 atom stereocenters. The van der Waals surface area contributed by atoms with E-state index in [2.05, 4.69) is 10.6 Å². The smallest absolute Gasteiger partial charge is 0.256 e. The van der Waals surface area contributed by atoms with Gasteiger partial charge in [-0.25, -0.2) is 4.99 Å². The van der Waals surface area contributed by atoms with Gasteiger partial charge in [-0.3, -0.25) is 4.79 Å². The number of carbonyl (C=O) groups is 1. The standard InChI is InChI=1S/C23H19N3O/c1-16-21(17-10-4-2-5-11-17)22(25-20-15-9-8-14-19(20)24-16)26-23(27)18-12-6-3-7-13-18/h2-15,24H,1H3,(H,25,26,27). The van der Waals surface area contributed by atoms with Crippen LogP contribution >= 0.6 is 0 Å². The second-order valence-corrected chi connectivity index (χ2v) is 6.29. The molecule has 1 amide bonds. The van der Waals surface area contributed by atoms with Crippen LogP contribution in [0.25, 0.3) is 5.57 Å². The lowest BCUT2D eigenvalue weighted by molar-refractivity contribution is 0.0977. The van der Waals surface area contributed by atoms with E-state index in [-0.39, 0.29) is 5.91 Å². The molecule has 0 saturated carbocycles. The summed E-state index contributed by atoms with van der Waals surface area (Å²) in [5, 5.41) is 6.44. The number of nitrogens with one attached hydrogen (secondary N) is 2. The molecule has 1 aliphatic rings. The molecule has 4 heteroatoms. The summed E-state index contributed by atoms with van der Waals surface area (Å²) in [6.07, 6.45) is 0. The first-order chi connectivity index (χ1) is 13.2. The van der Waals surface area contributed by atoms with Gasteiger partial charge in [0.1, 0.15) is 5.84 Å². The van der Waals surface area contributed by atoms with Crippen LogP contribution in [0.1, 0.15) is 22.8 Å². The number of nitrogens with zero attached hydrogens (tertiary/aromatic N) is 1. The van der Waals surface area contributed by atoms with Gasteiger partial charge in [0.25, 0.3) is 5.91 Å². The number of benzene rings is 3. The van der Waals surface area contributed by atoms with E-state index in [1.807, 2.05) is 79.7 Å². The van der Waals surface area contributed by atoms with Gasteiger partial charge in [0, 0.05) is 16.8 Å². The minimum absolute atomic E-state index is 0.185. The predicted octanol–water partition coefficient (Wildman–Crippen LogP) is 5.00. The minimum Gasteiger partial charge on any atom is -0.357 e. The normalized spacial score (nSPS) is 13.1. The van der Waals surface area contributed by atoms with E-state index in [4.69, 9.17) is 4.99 Å². The Kier molecular flexibility index (Phi) is 4.54. The average molecular weight is 353 g/mol. The maximum Gasteiger partial charge on any atom is 0.256 e. The molecule has 3 aromatic rings. The van der Waals surface area contributed by atoms with Crippen molar-refractivity contribution in [3.63, 3.8) is 0 Å². The van der Waals surface area contributed by atoms with E-state index in [1.165, 1.54) is 0 Å². The highest BCUT2D eigenvalue weighted by molar-refractivity contribution is 6.30. The molecule has 0 radical (unpaired) electrons. The van der Waals surface area contributed by atoms with Gasteiger partial charge < -0.3 is 10.6 Å². The number of allylic oxidation sites excluding steroid dienone is 1. The zero-order valence-electron chi connectivity index (χ0n) is 14.9. The highest BCUT2D eigenvalue weighted by atomic mass is 16.1. The fourth-order valence-electron chi connectivity index (χ4n) is 3.11. The summed E-state index contributed by atoms with van der Waals surface area (Å²) in [4.78, 5) is 17.6. The van der Waals surface area contributed by atoms with Crippen LogP contribution in [0.4, 0.5) is 11.4 Å². The number of amidine groups is 1. The number of fused-ring (bicyclic) bond motifs is 1. The Balaban J connectivity index is 1.81. The van der Waals surface area contributed by atoms with Crippen molar-refractivity contribution >= 4 is 28.7 Å². The zero-order chi connectivity index (χ0) is 18.6. The van der Waals surface area contributed by atoms with Gasteiger partial charge in [-0.05, 0) is 36.8 Å². The lowest BCUT2D eigenvalue weighted by atomic mass is 10.0. The van der Waals surface area contributed by atoms with E-state index < -0.39 is 0 Å².